The molecule has 0 radical (unpaired) electrons. The molecular weight excluding hydrogens is 347 g/mol. The zero-order valence-electron chi connectivity index (χ0n) is 15.0. The summed E-state index contributed by atoms with van der Waals surface area (Å²) in [5.74, 6) is -0.251. The maximum absolute atomic E-state index is 12.8. The number of nitrogens with one attached hydrogen (secondary N) is 1. The number of benzene rings is 1. The lowest BCUT2D eigenvalue weighted by Gasteiger charge is -2.12. The number of carbonyl (C=O) groups excluding carboxylic acids is 1. The second-order valence-corrected chi connectivity index (χ2v) is 5.94. The highest BCUT2D eigenvalue weighted by molar-refractivity contribution is 6.05. The van der Waals surface area contributed by atoms with Crippen molar-refractivity contribution in [3.8, 4) is 5.88 Å². The lowest BCUT2D eigenvalue weighted by Crippen LogP contribution is -2.14. The van der Waals surface area contributed by atoms with Crippen molar-refractivity contribution in [2.45, 2.75) is 46.3 Å². The summed E-state index contributed by atoms with van der Waals surface area (Å²) in [5, 5.41) is 6.86. The molecule has 1 amide bonds. The number of anilines is 1. The first-order valence-electron chi connectivity index (χ1n) is 8.45. The van der Waals surface area contributed by atoms with Crippen molar-refractivity contribution in [1.29, 1.82) is 0 Å². The third-order valence-corrected chi connectivity index (χ3v) is 3.66. The highest BCUT2D eigenvalue weighted by Gasteiger charge is 2.32. The standard InChI is InChI=1S/C18H22F3N3O2/c1-4-8-24-11-14(17(23-24)26-9-5-2)16(25)22-13-6-7-15(12(3)10-13)18(19,20)21/h6-7,10-11H,4-5,8-9H2,1-3H3,(H,22,25). The summed E-state index contributed by atoms with van der Waals surface area (Å²) in [4.78, 5) is 12.5. The maximum atomic E-state index is 12.8. The summed E-state index contributed by atoms with van der Waals surface area (Å²) in [5.41, 5.74) is -0.146. The van der Waals surface area contributed by atoms with Crippen LogP contribution >= 0.6 is 0 Å². The normalized spacial score (nSPS) is 11.5. The third-order valence-electron chi connectivity index (χ3n) is 3.66. The predicted molar refractivity (Wildman–Crippen MR) is 92.4 cm³/mol. The molecule has 0 bridgehead atoms. The SMILES string of the molecule is CCCOc1nn(CCC)cc1C(=O)Nc1ccc(C(F)(F)F)c(C)c1. The number of alkyl halides is 3. The Hall–Kier alpha value is -2.51. The van der Waals surface area contributed by atoms with Crippen LogP contribution in [0.3, 0.4) is 0 Å². The molecule has 0 aliphatic carbocycles. The average molecular weight is 369 g/mol. The van der Waals surface area contributed by atoms with E-state index >= 15 is 0 Å². The molecule has 8 heteroatoms. The Kier molecular flexibility index (Phi) is 6.28. The minimum atomic E-state index is -4.42. The number of ether oxygens (including phenoxy) is 1. The Morgan fingerprint density at radius 3 is 2.58 bits per heavy atom. The van der Waals surface area contributed by atoms with Crippen molar-refractivity contribution in [3.05, 3.63) is 41.1 Å². The number of halogens is 3. The van der Waals surface area contributed by atoms with E-state index in [9.17, 15) is 18.0 Å². The number of hydrogen-bond acceptors (Lipinski definition) is 3. The van der Waals surface area contributed by atoms with Crippen LogP contribution in [0.1, 0.15) is 48.2 Å². The predicted octanol–water partition coefficient (Wildman–Crippen LogP) is 4.66. The second-order valence-electron chi connectivity index (χ2n) is 5.94. The van der Waals surface area contributed by atoms with Gasteiger partial charge in [0, 0.05) is 18.4 Å². The average Bonchev–Trinajstić information content (AvgIpc) is 2.95. The van der Waals surface area contributed by atoms with Gasteiger partial charge in [0.1, 0.15) is 5.56 Å². The molecule has 142 valence electrons. The van der Waals surface area contributed by atoms with E-state index in [1.807, 2.05) is 13.8 Å². The summed E-state index contributed by atoms with van der Waals surface area (Å²) in [6, 6.07) is 3.49. The largest absolute Gasteiger partial charge is 0.476 e. The molecule has 5 nitrogen and oxygen atoms in total. The van der Waals surface area contributed by atoms with Gasteiger partial charge in [0.15, 0.2) is 0 Å². The third kappa shape index (κ3) is 4.77. The molecule has 26 heavy (non-hydrogen) atoms. The molecule has 0 atom stereocenters. The molecule has 0 fully saturated rings. The van der Waals surface area contributed by atoms with Gasteiger partial charge in [-0.3, -0.25) is 9.48 Å². The molecule has 1 aromatic carbocycles. The fraction of sp³-hybridized carbons (Fsp3) is 0.444. The molecular formula is C18H22F3N3O2. The van der Waals surface area contributed by atoms with Crippen molar-refractivity contribution in [2.75, 3.05) is 11.9 Å². The first-order chi connectivity index (χ1) is 12.3. The van der Waals surface area contributed by atoms with Crippen LogP contribution in [-0.4, -0.2) is 22.3 Å². The minimum absolute atomic E-state index is 0.0411. The van der Waals surface area contributed by atoms with E-state index < -0.39 is 17.6 Å². The number of aromatic nitrogens is 2. The van der Waals surface area contributed by atoms with Gasteiger partial charge in [-0.15, -0.1) is 5.10 Å². The Morgan fingerprint density at radius 1 is 1.27 bits per heavy atom. The molecule has 0 spiro atoms. The lowest BCUT2D eigenvalue weighted by atomic mass is 10.1. The number of carbonyl (C=O) groups is 1. The van der Waals surface area contributed by atoms with Gasteiger partial charge in [-0.2, -0.15) is 13.2 Å². The molecule has 2 aromatic rings. The lowest BCUT2D eigenvalue weighted by molar-refractivity contribution is -0.138. The summed E-state index contributed by atoms with van der Waals surface area (Å²) in [7, 11) is 0. The molecule has 2 rings (SSSR count). The van der Waals surface area contributed by atoms with Gasteiger partial charge in [-0.25, -0.2) is 0 Å². The highest BCUT2D eigenvalue weighted by Crippen LogP contribution is 2.33. The zero-order chi connectivity index (χ0) is 19.3. The monoisotopic (exact) mass is 369 g/mol. The number of rotatable bonds is 7. The van der Waals surface area contributed by atoms with Crippen molar-refractivity contribution < 1.29 is 22.7 Å². The molecule has 0 saturated carbocycles. The second kappa shape index (κ2) is 8.25. The van der Waals surface area contributed by atoms with E-state index in [-0.39, 0.29) is 22.7 Å². The van der Waals surface area contributed by atoms with Crippen LogP contribution in [0.15, 0.2) is 24.4 Å². The van der Waals surface area contributed by atoms with E-state index in [2.05, 4.69) is 10.4 Å². The molecule has 1 aromatic heterocycles. The minimum Gasteiger partial charge on any atom is -0.476 e. The molecule has 1 N–H and O–H groups in total. The molecule has 0 unspecified atom stereocenters. The van der Waals surface area contributed by atoms with Crippen molar-refractivity contribution in [2.24, 2.45) is 0 Å². The topological polar surface area (TPSA) is 56.2 Å². The Morgan fingerprint density at radius 2 is 2.00 bits per heavy atom. The Labute approximate surface area is 150 Å². The van der Waals surface area contributed by atoms with Crippen molar-refractivity contribution >= 4 is 11.6 Å². The molecule has 1 heterocycles. The van der Waals surface area contributed by atoms with Crippen LogP contribution in [0.4, 0.5) is 18.9 Å². The van der Waals surface area contributed by atoms with Gasteiger partial charge < -0.3 is 10.1 Å². The molecule has 0 aliphatic rings. The summed E-state index contributed by atoms with van der Waals surface area (Å²) >= 11 is 0. The van der Waals surface area contributed by atoms with Crippen LogP contribution in [0.5, 0.6) is 5.88 Å². The van der Waals surface area contributed by atoms with Gasteiger partial charge in [-0.05, 0) is 43.5 Å². The Balaban J connectivity index is 2.22. The van der Waals surface area contributed by atoms with E-state index in [0.717, 1.165) is 18.9 Å². The van der Waals surface area contributed by atoms with Gasteiger partial charge >= 0.3 is 6.18 Å². The van der Waals surface area contributed by atoms with Gasteiger partial charge in [0.05, 0.1) is 12.2 Å². The number of aryl methyl sites for hydroxylation is 2. The van der Waals surface area contributed by atoms with E-state index in [0.29, 0.717) is 13.2 Å². The number of amides is 1. The summed E-state index contributed by atoms with van der Waals surface area (Å²) in [6.07, 6.45) is -1.23. The zero-order valence-corrected chi connectivity index (χ0v) is 15.0. The van der Waals surface area contributed by atoms with E-state index in [4.69, 9.17) is 4.74 Å². The maximum Gasteiger partial charge on any atom is 0.416 e. The van der Waals surface area contributed by atoms with Crippen LogP contribution < -0.4 is 10.1 Å². The number of hydrogen-bond donors (Lipinski definition) is 1. The van der Waals surface area contributed by atoms with E-state index in [1.165, 1.54) is 19.1 Å². The molecule has 0 aliphatic heterocycles. The van der Waals surface area contributed by atoms with Gasteiger partial charge in [-0.1, -0.05) is 13.8 Å². The van der Waals surface area contributed by atoms with Crippen LogP contribution in [0.25, 0.3) is 0 Å². The fourth-order valence-electron chi connectivity index (χ4n) is 2.47. The van der Waals surface area contributed by atoms with Crippen LogP contribution in [-0.2, 0) is 12.7 Å². The van der Waals surface area contributed by atoms with Crippen molar-refractivity contribution in [3.63, 3.8) is 0 Å². The van der Waals surface area contributed by atoms with Crippen molar-refractivity contribution in [1.82, 2.24) is 9.78 Å². The smallest absolute Gasteiger partial charge is 0.416 e. The van der Waals surface area contributed by atoms with Gasteiger partial charge in [0.25, 0.3) is 5.91 Å². The molecule has 0 saturated heterocycles. The first-order valence-corrected chi connectivity index (χ1v) is 8.45. The van der Waals surface area contributed by atoms with Crippen LogP contribution in [0, 0.1) is 6.92 Å². The van der Waals surface area contributed by atoms with E-state index in [1.54, 1.807) is 10.9 Å². The fourth-order valence-corrected chi connectivity index (χ4v) is 2.47. The summed E-state index contributed by atoms with van der Waals surface area (Å²) < 4.78 is 45.7. The summed E-state index contributed by atoms with van der Waals surface area (Å²) in [6.45, 7) is 6.33. The Bertz CT molecular complexity index is 770. The van der Waals surface area contributed by atoms with Crippen LogP contribution in [0.2, 0.25) is 0 Å². The van der Waals surface area contributed by atoms with Gasteiger partial charge in [0.2, 0.25) is 5.88 Å². The first kappa shape index (κ1) is 19.8. The number of nitrogens with zero attached hydrogens (tertiary/aromatic N) is 2. The quantitative estimate of drug-likeness (QED) is 0.772. The highest BCUT2D eigenvalue weighted by atomic mass is 19.4.